The molecule has 0 aliphatic carbocycles. The monoisotopic (exact) mass is 287 g/mol. The third-order valence-electron chi connectivity index (χ3n) is 3.31. The first-order valence-corrected chi connectivity index (χ1v) is 6.57. The van der Waals surface area contributed by atoms with Gasteiger partial charge in [-0.3, -0.25) is 4.79 Å². The fourth-order valence-electron chi connectivity index (χ4n) is 1.91. The Labute approximate surface area is 119 Å². The second-order valence-corrected chi connectivity index (χ2v) is 5.29. The maximum absolute atomic E-state index is 12.3. The van der Waals surface area contributed by atoms with Gasteiger partial charge in [0.2, 0.25) is 5.91 Å². The molecule has 0 aromatic carbocycles. The van der Waals surface area contributed by atoms with Crippen molar-refractivity contribution >= 4 is 17.9 Å². The lowest BCUT2D eigenvalue weighted by atomic mass is 10.0. The molecular weight excluding hydrogens is 262 g/mol. The second kappa shape index (κ2) is 7.12. The number of carboxylic acids is 1. The maximum atomic E-state index is 12.3. The Morgan fingerprint density at radius 1 is 1.30 bits per heavy atom. The normalized spacial score (nSPS) is 12.5. The van der Waals surface area contributed by atoms with E-state index in [-0.39, 0.29) is 24.9 Å². The van der Waals surface area contributed by atoms with Crippen LogP contribution < -0.4 is 5.32 Å². The Morgan fingerprint density at radius 3 is 2.15 bits per heavy atom. The van der Waals surface area contributed by atoms with Gasteiger partial charge >= 0.3 is 12.0 Å². The molecule has 0 rings (SSSR count). The number of hydrogen-bond donors (Lipinski definition) is 2. The Balaban J connectivity index is 4.94. The van der Waals surface area contributed by atoms with E-state index < -0.39 is 17.5 Å². The fraction of sp³-hybridized carbons (Fsp3) is 0.769. The third kappa shape index (κ3) is 4.11. The van der Waals surface area contributed by atoms with Gasteiger partial charge in [0.05, 0.1) is 5.92 Å². The fourth-order valence-corrected chi connectivity index (χ4v) is 1.91. The number of nitrogens with zero attached hydrogens (tertiary/aromatic N) is 2. The molecule has 3 amide bonds. The first-order valence-electron chi connectivity index (χ1n) is 6.57. The lowest BCUT2D eigenvalue weighted by Crippen LogP contribution is -2.57. The van der Waals surface area contributed by atoms with Crippen LogP contribution >= 0.6 is 0 Å². The van der Waals surface area contributed by atoms with E-state index in [0.29, 0.717) is 0 Å². The molecule has 7 nitrogen and oxygen atoms in total. The van der Waals surface area contributed by atoms with Crippen LogP contribution in [0.3, 0.4) is 0 Å². The molecule has 0 saturated heterocycles. The van der Waals surface area contributed by atoms with Gasteiger partial charge in [0.1, 0.15) is 5.54 Å². The zero-order chi connectivity index (χ0) is 16.1. The predicted octanol–water partition coefficient (Wildman–Crippen LogP) is 0.605. The van der Waals surface area contributed by atoms with E-state index >= 15 is 0 Å². The van der Waals surface area contributed by atoms with Gasteiger partial charge in [0.15, 0.2) is 0 Å². The number of rotatable bonds is 6. The van der Waals surface area contributed by atoms with Gasteiger partial charge in [-0.25, -0.2) is 9.59 Å². The number of carbonyl (C=O) groups is 3. The van der Waals surface area contributed by atoms with Crippen molar-refractivity contribution in [3.63, 3.8) is 0 Å². The Morgan fingerprint density at radius 2 is 1.80 bits per heavy atom. The molecule has 7 heteroatoms. The molecule has 0 radical (unpaired) electrons. The van der Waals surface area contributed by atoms with Crippen LogP contribution in [0, 0.1) is 5.92 Å². The minimum atomic E-state index is -1.30. The zero-order valence-corrected chi connectivity index (χ0v) is 13.1. The zero-order valence-electron chi connectivity index (χ0n) is 13.1. The lowest BCUT2D eigenvalue weighted by Gasteiger charge is -2.37. The van der Waals surface area contributed by atoms with E-state index in [1.54, 1.807) is 20.9 Å². The number of urea groups is 1. The summed E-state index contributed by atoms with van der Waals surface area (Å²) in [4.78, 5) is 37.7. The van der Waals surface area contributed by atoms with Crippen LogP contribution in [0.25, 0.3) is 0 Å². The molecule has 0 heterocycles. The topological polar surface area (TPSA) is 90.0 Å². The van der Waals surface area contributed by atoms with Crippen molar-refractivity contribution in [3.05, 3.63) is 0 Å². The van der Waals surface area contributed by atoms with Gasteiger partial charge in [0, 0.05) is 27.2 Å². The molecule has 0 aliphatic heterocycles. The number of nitrogens with one attached hydrogen (secondary N) is 1. The first-order chi connectivity index (χ1) is 9.09. The van der Waals surface area contributed by atoms with Gasteiger partial charge in [0.25, 0.3) is 0 Å². The van der Waals surface area contributed by atoms with Crippen LogP contribution in [0.1, 0.15) is 27.7 Å². The van der Waals surface area contributed by atoms with E-state index in [2.05, 4.69) is 5.32 Å². The van der Waals surface area contributed by atoms with Crippen LogP contribution in [0.15, 0.2) is 0 Å². The Bertz CT molecular complexity index is 382. The average Bonchev–Trinajstić information content (AvgIpc) is 2.37. The van der Waals surface area contributed by atoms with Crippen LogP contribution in [-0.4, -0.2) is 65.5 Å². The highest BCUT2D eigenvalue weighted by atomic mass is 16.4. The third-order valence-corrected chi connectivity index (χ3v) is 3.31. The van der Waals surface area contributed by atoms with Crippen molar-refractivity contribution < 1.29 is 19.5 Å². The lowest BCUT2D eigenvalue weighted by molar-refractivity contribution is -0.147. The largest absolute Gasteiger partial charge is 0.480 e. The first kappa shape index (κ1) is 18.2. The molecule has 0 bridgehead atoms. The summed E-state index contributed by atoms with van der Waals surface area (Å²) in [5, 5.41) is 11.7. The molecule has 0 aromatic rings. The van der Waals surface area contributed by atoms with E-state index in [4.69, 9.17) is 0 Å². The molecular formula is C13H25N3O4. The highest BCUT2D eigenvalue weighted by Crippen LogP contribution is 2.17. The number of carbonyl (C=O) groups excluding carboxylic acids is 2. The summed E-state index contributed by atoms with van der Waals surface area (Å²) in [6, 6.07) is -0.407. The van der Waals surface area contributed by atoms with Gasteiger partial charge in [-0.1, -0.05) is 6.92 Å². The quantitative estimate of drug-likeness (QED) is 0.749. The molecule has 1 unspecified atom stereocenters. The summed E-state index contributed by atoms with van der Waals surface area (Å²) in [5.41, 5.74) is -1.30. The predicted molar refractivity (Wildman–Crippen MR) is 75.4 cm³/mol. The molecule has 0 aliphatic rings. The maximum Gasteiger partial charge on any atom is 0.329 e. The molecule has 0 aromatic heterocycles. The highest BCUT2D eigenvalue weighted by molar-refractivity contribution is 5.86. The highest BCUT2D eigenvalue weighted by Gasteiger charge is 2.38. The van der Waals surface area contributed by atoms with Gasteiger partial charge < -0.3 is 20.2 Å². The SMILES string of the molecule is CCN(C(=O)N(C)CC(C)C(=O)NC)C(C)(C)C(=O)O. The summed E-state index contributed by atoms with van der Waals surface area (Å²) in [5.74, 6) is -1.59. The van der Waals surface area contributed by atoms with Crippen molar-refractivity contribution in [2.75, 3.05) is 27.2 Å². The summed E-state index contributed by atoms with van der Waals surface area (Å²) in [7, 11) is 3.09. The van der Waals surface area contributed by atoms with Crippen molar-refractivity contribution in [3.8, 4) is 0 Å². The summed E-state index contributed by atoms with van der Waals surface area (Å²) in [6.45, 7) is 6.89. The van der Waals surface area contributed by atoms with Crippen molar-refractivity contribution in [2.45, 2.75) is 33.2 Å². The molecule has 0 saturated carbocycles. The number of carboxylic acid groups (broad SMARTS) is 1. The number of amides is 3. The van der Waals surface area contributed by atoms with Crippen molar-refractivity contribution in [2.24, 2.45) is 5.92 Å². The number of likely N-dealkylation sites (N-methyl/N-ethyl adjacent to an activating group) is 1. The summed E-state index contributed by atoms with van der Waals surface area (Å²) >= 11 is 0. The standard InChI is InChI=1S/C13H25N3O4/c1-7-16(13(3,4)11(18)19)12(20)15(6)8-9(2)10(17)14-5/h9H,7-8H2,1-6H3,(H,14,17)(H,18,19). The van der Waals surface area contributed by atoms with Crippen molar-refractivity contribution in [1.29, 1.82) is 0 Å². The molecule has 1 atom stereocenters. The average molecular weight is 287 g/mol. The smallest absolute Gasteiger partial charge is 0.329 e. The van der Waals surface area contributed by atoms with Gasteiger partial charge in [-0.15, -0.1) is 0 Å². The Kier molecular flexibility index (Phi) is 6.48. The van der Waals surface area contributed by atoms with Crippen LogP contribution in [0.4, 0.5) is 4.79 Å². The molecule has 116 valence electrons. The van der Waals surface area contributed by atoms with Crippen LogP contribution in [0.5, 0.6) is 0 Å². The van der Waals surface area contributed by atoms with E-state index in [9.17, 15) is 19.5 Å². The minimum absolute atomic E-state index is 0.162. The van der Waals surface area contributed by atoms with Crippen LogP contribution in [0.2, 0.25) is 0 Å². The summed E-state index contributed by atoms with van der Waals surface area (Å²) < 4.78 is 0. The second-order valence-electron chi connectivity index (χ2n) is 5.29. The molecule has 0 fully saturated rings. The van der Waals surface area contributed by atoms with E-state index in [1.807, 2.05) is 0 Å². The Hall–Kier alpha value is -1.79. The molecule has 2 N–H and O–H groups in total. The minimum Gasteiger partial charge on any atom is -0.480 e. The van der Waals surface area contributed by atoms with Crippen molar-refractivity contribution in [1.82, 2.24) is 15.1 Å². The van der Waals surface area contributed by atoms with E-state index in [0.717, 1.165) is 0 Å². The molecule has 20 heavy (non-hydrogen) atoms. The van der Waals surface area contributed by atoms with Crippen LogP contribution in [-0.2, 0) is 9.59 Å². The van der Waals surface area contributed by atoms with Gasteiger partial charge in [-0.2, -0.15) is 0 Å². The van der Waals surface area contributed by atoms with Gasteiger partial charge in [-0.05, 0) is 20.8 Å². The van der Waals surface area contributed by atoms with E-state index in [1.165, 1.54) is 30.7 Å². The molecule has 0 spiro atoms. The number of hydrogen-bond acceptors (Lipinski definition) is 3. The number of aliphatic carboxylic acids is 1. The summed E-state index contributed by atoms with van der Waals surface area (Å²) in [6.07, 6.45) is 0.